The van der Waals surface area contributed by atoms with Crippen LogP contribution in [0.3, 0.4) is 0 Å². The van der Waals surface area contributed by atoms with Crippen LogP contribution in [-0.2, 0) is 15.0 Å². The SMILES string of the molecule is CN(C)S(=O)(=O)NCC(O)C(=O)O. The first-order chi connectivity index (χ1) is 5.77. The van der Waals surface area contributed by atoms with Crippen molar-refractivity contribution in [3.05, 3.63) is 0 Å². The Morgan fingerprint density at radius 1 is 1.54 bits per heavy atom. The van der Waals surface area contributed by atoms with E-state index in [1.165, 1.54) is 14.1 Å². The number of carbonyl (C=O) groups is 1. The Morgan fingerprint density at radius 2 is 2.00 bits per heavy atom. The van der Waals surface area contributed by atoms with Crippen LogP contribution in [0.2, 0.25) is 0 Å². The number of nitrogens with zero attached hydrogens (tertiary/aromatic N) is 1. The van der Waals surface area contributed by atoms with Crippen molar-refractivity contribution < 1.29 is 23.4 Å². The van der Waals surface area contributed by atoms with Crippen molar-refractivity contribution in [1.29, 1.82) is 0 Å². The standard InChI is InChI=1S/C5H12N2O5S/c1-7(2)13(11,12)6-3-4(8)5(9)10/h4,6,8H,3H2,1-2H3,(H,9,10). The second-order valence-electron chi connectivity index (χ2n) is 2.49. The van der Waals surface area contributed by atoms with Crippen LogP contribution in [0.1, 0.15) is 0 Å². The fourth-order valence-electron chi connectivity index (χ4n) is 0.401. The van der Waals surface area contributed by atoms with Crippen molar-refractivity contribution in [2.24, 2.45) is 0 Å². The fraction of sp³-hybridized carbons (Fsp3) is 0.800. The maximum atomic E-state index is 11.0. The van der Waals surface area contributed by atoms with E-state index in [9.17, 15) is 13.2 Å². The highest BCUT2D eigenvalue weighted by atomic mass is 32.2. The molecular weight excluding hydrogens is 200 g/mol. The summed E-state index contributed by atoms with van der Waals surface area (Å²) in [6, 6.07) is 0. The molecule has 0 aliphatic heterocycles. The number of aliphatic carboxylic acids is 1. The van der Waals surface area contributed by atoms with Crippen LogP contribution >= 0.6 is 0 Å². The first-order valence-corrected chi connectivity index (χ1v) is 4.79. The molecule has 13 heavy (non-hydrogen) atoms. The largest absolute Gasteiger partial charge is 0.479 e. The van der Waals surface area contributed by atoms with E-state index in [4.69, 9.17) is 10.2 Å². The summed E-state index contributed by atoms with van der Waals surface area (Å²) in [5.74, 6) is -1.47. The molecule has 0 fully saturated rings. The summed E-state index contributed by atoms with van der Waals surface area (Å²) in [5.41, 5.74) is 0. The molecule has 0 amide bonds. The maximum absolute atomic E-state index is 11.0. The highest BCUT2D eigenvalue weighted by Crippen LogP contribution is 1.89. The highest BCUT2D eigenvalue weighted by Gasteiger charge is 2.18. The molecule has 0 heterocycles. The second kappa shape index (κ2) is 4.51. The zero-order valence-electron chi connectivity index (χ0n) is 7.26. The third kappa shape index (κ3) is 4.18. The number of carboxylic acids is 1. The van der Waals surface area contributed by atoms with Crippen LogP contribution in [-0.4, -0.2) is 55.6 Å². The quantitative estimate of drug-likeness (QED) is 0.480. The van der Waals surface area contributed by atoms with Gasteiger partial charge in [-0.2, -0.15) is 17.4 Å². The van der Waals surface area contributed by atoms with Crippen LogP contribution < -0.4 is 4.72 Å². The summed E-state index contributed by atoms with van der Waals surface area (Å²) in [7, 11) is -1.09. The third-order valence-electron chi connectivity index (χ3n) is 1.22. The van der Waals surface area contributed by atoms with Gasteiger partial charge in [-0.3, -0.25) is 0 Å². The summed E-state index contributed by atoms with van der Waals surface area (Å²) in [4.78, 5) is 10.1. The summed E-state index contributed by atoms with van der Waals surface area (Å²) in [6.45, 7) is -0.546. The van der Waals surface area contributed by atoms with E-state index in [1.807, 2.05) is 4.72 Å². The van der Waals surface area contributed by atoms with Crippen molar-refractivity contribution in [2.45, 2.75) is 6.10 Å². The average molecular weight is 212 g/mol. The molecule has 0 spiro atoms. The van der Waals surface area contributed by atoms with E-state index >= 15 is 0 Å². The molecule has 1 unspecified atom stereocenters. The zero-order chi connectivity index (χ0) is 10.6. The van der Waals surface area contributed by atoms with Gasteiger partial charge in [-0.15, -0.1) is 0 Å². The lowest BCUT2D eigenvalue weighted by molar-refractivity contribution is -0.146. The van der Waals surface area contributed by atoms with Gasteiger partial charge in [0.1, 0.15) is 0 Å². The van der Waals surface area contributed by atoms with Crippen molar-refractivity contribution in [3.63, 3.8) is 0 Å². The van der Waals surface area contributed by atoms with E-state index in [0.29, 0.717) is 0 Å². The molecule has 3 N–H and O–H groups in total. The monoisotopic (exact) mass is 212 g/mol. The van der Waals surface area contributed by atoms with E-state index in [0.717, 1.165) is 4.31 Å². The molecule has 0 aromatic rings. The number of aliphatic hydroxyl groups is 1. The van der Waals surface area contributed by atoms with Gasteiger partial charge < -0.3 is 10.2 Å². The minimum atomic E-state index is -3.67. The molecule has 0 bridgehead atoms. The van der Waals surface area contributed by atoms with Gasteiger partial charge in [-0.1, -0.05) is 0 Å². The molecule has 0 saturated carbocycles. The zero-order valence-corrected chi connectivity index (χ0v) is 8.08. The van der Waals surface area contributed by atoms with Gasteiger partial charge >= 0.3 is 5.97 Å². The predicted molar refractivity (Wildman–Crippen MR) is 44.3 cm³/mol. The Kier molecular flexibility index (Phi) is 4.27. The number of nitrogens with one attached hydrogen (secondary N) is 1. The van der Waals surface area contributed by atoms with Gasteiger partial charge in [0.15, 0.2) is 6.10 Å². The molecular formula is C5H12N2O5S. The maximum Gasteiger partial charge on any atom is 0.333 e. The Balaban J connectivity index is 4.11. The van der Waals surface area contributed by atoms with Gasteiger partial charge in [-0.05, 0) is 0 Å². The minimum absolute atomic E-state index is 0.546. The molecule has 0 aliphatic rings. The van der Waals surface area contributed by atoms with E-state index < -0.39 is 28.8 Å². The number of carboxylic acid groups (broad SMARTS) is 1. The molecule has 78 valence electrons. The second-order valence-corrected chi connectivity index (χ2v) is 4.46. The Morgan fingerprint density at radius 3 is 2.31 bits per heavy atom. The van der Waals surface area contributed by atoms with Gasteiger partial charge in [0.2, 0.25) is 0 Å². The molecule has 0 saturated heterocycles. The topological polar surface area (TPSA) is 107 Å². The molecule has 1 atom stereocenters. The number of aliphatic hydroxyl groups excluding tert-OH is 1. The van der Waals surface area contributed by atoms with Crippen LogP contribution in [0.25, 0.3) is 0 Å². The lowest BCUT2D eigenvalue weighted by Crippen LogP contribution is -2.41. The normalized spacial score (nSPS) is 14.5. The third-order valence-corrected chi connectivity index (χ3v) is 2.72. The lowest BCUT2D eigenvalue weighted by atomic mass is 10.4. The summed E-state index contributed by atoms with van der Waals surface area (Å²) >= 11 is 0. The number of hydrogen-bond acceptors (Lipinski definition) is 4. The average Bonchev–Trinajstić information content (AvgIpc) is 1.99. The number of hydrogen-bond donors (Lipinski definition) is 3. The Labute approximate surface area is 76.2 Å². The van der Waals surface area contributed by atoms with Crippen LogP contribution in [0.15, 0.2) is 0 Å². The minimum Gasteiger partial charge on any atom is -0.479 e. The lowest BCUT2D eigenvalue weighted by Gasteiger charge is -2.13. The van der Waals surface area contributed by atoms with Crippen molar-refractivity contribution in [1.82, 2.24) is 9.03 Å². The van der Waals surface area contributed by atoms with Crippen molar-refractivity contribution in [2.75, 3.05) is 20.6 Å². The number of rotatable bonds is 5. The van der Waals surface area contributed by atoms with Crippen LogP contribution in [0.4, 0.5) is 0 Å². The van der Waals surface area contributed by atoms with Crippen molar-refractivity contribution in [3.8, 4) is 0 Å². The molecule has 0 aromatic heterocycles. The van der Waals surface area contributed by atoms with Gasteiger partial charge in [0.05, 0.1) is 0 Å². The molecule has 8 heteroatoms. The van der Waals surface area contributed by atoms with E-state index in [-0.39, 0.29) is 0 Å². The Hall–Kier alpha value is -0.700. The molecule has 0 rings (SSSR count). The van der Waals surface area contributed by atoms with E-state index in [2.05, 4.69) is 0 Å². The van der Waals surface area contributed by atoms with Crippen LogP contribution in [0, 0.1) is 0 Å². The fourth-order valence-corrected chi connectivity index (χ4v) is 1.03. The predicted octanol–water partition coefficient (Wildman–Crippen LogP) is -2.17. The van der Waals surface area contributed by atoms with Gasteiger partial charge in [0.25, 0.3) is 10.2 Å². The van der Waals surface area contributed by atoms with Gasteiger partial charge in [-0.25, -0.2) is 4.79 Å². The van der Waals surface area contributed by atoms with Crippen molar-refractivity contribution >= 4 is 16.2 Å². The highest BCUT2D eigenvalue weighted by molar-refractivity contribution is 7.87. The first-order valence-electron chi connectivity index (χ1n) is 3.35. The first kappa shape index (κ1) is 12.3. The van der Waals surface area contributed by atoms with E-state index in [1.54, 1.807) is 0 Å². The molecule has 0 radical (unpaired) electrons. The summed E-state index contributed by atoms with van der Waals surface area (Å²) < 4.78 is 24.7. The summed E-state index contributed by atoms with van der Waals surface area (Å²) in [5, 5.41) is 16.9. The van der Waals surface area contributed by atoms with Gasteiger partial charge in [0, 0.05) is 20.6 Å². The molecule has 0 aliphatic carbocycles. The molecule has 7 nitrogen and oxygen atoms in total. The summed E-state index contributed by atoms with van der Waals surface area (Å²) in [6.07, 6.45) is -1.73. The molecule has 0 aromatic carbocycles. The Bertz CT molecular complexity index is 273. The van der Waals surface area contributed by atoms with Crippen LogP contribution in [0.5, 0.6) is 0 Å². The smallest absolute Gasteiger partial charge is 0.333 e.